The van der Waals surface area contributed by atoms with Crippen molar-refractivity contribution in [3.8, 4) is 0 Å². The summed E-state index contributed by atoms with van der Waals surface area (Å²) in [6.45, 7) is 6.14. The van der Waals surface area contributed by atoms with E-state index in [0.29, 0.717) is 12.2 Å². The molecule has 0 unspecified atom stereocenters. The lowest BCUT2D eigenvalue weighted by molar-refractivity contribution is -0.134. The molecule has 0 atom stereocenters. The average Bonchev–Trinajstić information content (AvgIpc) is 2.86. The first-order valence-electron chi connectivity index (χ1n) is 11.3. The lowest BCUT2D eigenvalue weighted by atomic mass is 10.0. The molecule has 0 saturated carbocycles. The number of para-hydroxylation sites is 1. The number of anilines is 2. The molecule has 1 aromatic carbocycles. The van der Waals surface area contributed by atoms with Gasteiger partial charge in [0.15, 0.2) is 0 Å². The number of aliphatic imine (C=N–C) groups is 1. The second-order valence-electron chi connectivity index (χ2n) is 7.85. The van der Waals surface area contributed by atoms with Crippen LogP contribution in [0.5, 0.6) is 0 Å². The van der Waals surface area contributed by atoms with Crippen molar-refractivity contribution >= 4 is 29.4 Å². The van der Waals surface area contributed by atoms with E-state index in [2.05, 4.69) is 49.4 Å². The van der Waals surface area contributed by atoms with Crippen LogP contribution in [0, 0.1) is 0 Å². The molecule has 2 aliphatic heterocycles. The molecule has 0 aliphatic carbocycles. The zero-order valence-corrected chi connectivity index (χ0v) is 19.0. The molecule has 3 N–H and O–H groups in total. The molecular formula is C24H30N6O4. The number of rotatable bonds is 7. The van der Waals surface area contributed by atoms with E-state index < -0.39 is 11.9 Å². The highest BCUT2D eigenvalue weighted by Crippen LogP contribution is 2.22. The summed E-state index contributed by atoms with van der Waals surface area (Å²) in [7, 11) is 0. The molecular weight excluding hydrogens is 436 g/mol. The molecule has 10 nitrogen and oxygen atoms in total. The molecule has 1 saturated heterocycles. The summed E-state index contributed by atoms with van der Waals surface area (Å²) in [5.41, 5.74) is 2.61. The highest BCUT2D eigenvalue weighted by molar-refractivity contribution is 5.98. The van der Waals surface area contributed by atoms with E-state index in [1.807, 2.05) is 18.5 Å². The first kappa shape index (κ1) is 24.8. The molecule has 180 valence electrons. The van der Waals surface area contributed by atoms with Crippen molar-refractivity contribution in [2.24, 2.45) is 4.99 Å². The van der Waals surface area contributed by atoms with Gasteiger partial charge in [0.05, 0.1) is 0 Å². The molecule has 34 heavy (non-hydrogen) atoms. The van der Waals surface area contributed by atoms with Crippen LogP contribution in [0.2, 0.25) is 0 Å². The van der Waals surface area contributed by atoms with Crippen LogP contribution in [0.4, 0.5) is 11.6 Å². The van der Waals surface area contributed by atoms with Crippen LogP contribution < -0.4 is 10.2 Å². The Balaban J connectivity index is 0.000000350. The number of carboxylic acid groups (broad SMARTS) is 2. The van der Waals surface area contributed by atoms with Crippen molar-refractivity contribution in [2.75, 3.05) is 49.5 Å². The predicted octanol–water partition coefficient (Wildman–Crippen LogP) is 2.16. The lowest BCUT2D eigenvalue weighted by Crippen LogP contribution is -2.47. The van der Waals surface area contributed by atoms with E-state index >= 15 is 0 Å². The molecule has 0 amide bonds. The Kier molecular flexibility index (Phi) is 9.53. The van der Waals surface area contributed by atoms with E-state index in [4.69, 9.17) is 15.2 Å². The number of carboxylic acids is 2. The Bertz CT molecular complexity index is 988. The Morgan fingerprint density at radius 3 is 2.32 bits per heavy atom. The number of benzene rings is 1. The fraction of sp³-hybridized carbons (Fsp3) is 0.375. The normalized spacial score (nSPS) is 16.9. The van der Waals surface area contributed by atoms with Crippen LogP contribution in [0.3, 0.4) is 0 Å². The van der Waals surface area contributed by atoms with Gasteiger partial charge in [-0.2, -0.15) is 0 Å². The van der Waals surface area contributed by atoms with Gasteiger partial charge in [-0.1, -0.05) is 18.2 Å². The number of aryl methyl sites for hydroxylation is 1. The first-order chi connectivity index (χ1) is 16.5. The molecule has 1 aromatic heterocycles. The molecule has 0 radical (unpaired) electrons. The molecule has 3 heterocycles. The second-order valence-corrected chi connectivity index (χ2v) is 7.85. The minimum Gasteiger partial charge on any atom is -0.478 e. The van der Waals surface area contributed by atoms with Crippen LogP contribution in [0.25, 0.3) is 0 Å². The molecule has 0 bridgehead atoms. The number of nitrogens with one attached hydrogen (secondary N) is 1. The van der Waals surface area contributed by atoms with Gasteiger partial charge in [0, 0.05) is 75.9 Å². The van der Waals surface area contributed by atoms with Crippen molar-refractivity contribution < 1.29 is 19.8 Å². The third kappa shape index (κ3) is 8.28. The zero-order valence-electron chi connectivity index (χ0n) is 19.0. The summed E-state index contributed by atoms with van der Waals surface area (Å²) >= 11 is 0. The predicted molar refractivity (Wildman–Crippen MR) is 130 cm³/mol. The summed E-state index contributed by atoms with van der Waals surface area (Å²) in [6, 6.07) is 10.4. The third-order valence-corrected chi connectivity index (χ3v) is 5.44. The van der Waals surface area contributed by atoms with E-state index in [0.717, 1.165) is 70.3 Å². The van der Waals surface area contributed by atoms with Gasteiger partial charge in [0.1, 0.15) is 5.84 Å². The molecule has 4 rings (SSSR count). The van der Waals surface area contributed by atoms with E-state index in [1.165, 1.54) is 11.3 Å². The van der Waals surface area contributed by atoms with Crippen molar-refractivity contribution in [3.05, 3.63) is 60.4 Å². The van der Waals surface area contributed by atoms with E-state index in [9.17, 15) is 9.59 Å². The smallest absolute Gasteiger partial charge is 0.328 e. The van der Waals surface area contributed by atoms with Gasteiger partial charge in [-0.25, -0.2) is 19.6 Å². The van der Waals surface area contributed by atoms with Crippen LogP contribution in [0.15, 0.2) is 59.9 Å². The number of aromatic nitrogens is 2. The maximum atomic E-state index is 9.55. The van der Waals surface area contributed by atoms with Gasteiger partial charge < -0.3 is 20.4 Å². The monoisotopic (exact) mass is 466 g/mol. The maximum absolute atomic E-state index is 9.55. The lowest BCUT2D eigenvalue weighted by Gasteiger charge is -2.34. The SMILES string of the molecule is O=C(O)C=CC(=O)O.c1cnc(N2CCN(CCCN=C3CCc4ccccc4N3)CC2)nc1. The van der Waals surface area contributed by atoms with Crippen LogP contribution in [-0.4, -0.2) is 82.1 Å². The highest BCUT2D eigenvalue weighted by atomic mass is 16.4. The Morgan fingerprint density at radius 2 is 1.65 bits per heavy atom. The number of nitrogens with zero attached hydrogens (tertiary/aromatic N) is 5. The van der Waals surface area contributed by atoms with Crippen molar-refractivity contribution in [1.29, 1.82) is 0 Å². The maximum Gasteiger partial charge on any atom is 0.328 e. The standard InChI is InChI=1S/C20H26N6.C4H4O4/c1-2-6-18-17(5-1)7-8-19(24-18)21-11-4-12-25-13-15-26(16-14-25)20-22-9-3-10-23-20;5-3(6)1-2-4(7)8/h1-3,5-6,9-10H,4,7-8,11-16H2,(H,21,24);1-2H,(H,5,6)(H,7,8). The summed E-state index contributed by atoms with van der Waals surface area (Å²) < 4.78 is 0. The van der Waals surface area contributed by atoms with Gasteiger partial charge in [0.2, 0.25) is 5.95 Å². The van der Waals surface area contributed by atoms with Gasteiger partial charge >= 0.3 is 11.9 Å². The number of piperazine rings is 1. The molecule has 2 aromatic rings. The Labute approximate surface area is 198 Å². The van der Waals surface area contributed by atoms with Crippen molar-refractivity contribution in [2.45, 2.75) is 19.3 Å². The van der Waals surface area contributed by atoms with Crippen molar-refractivity contribution in [3.63, 3.8) is 0 Å². The second kappa shape index (κ2) is 13.0. The molecule has 1 fully saturated rings. The largest absolute Gasteiger partial charge is 0.478 e. The number of aliphatic carboxylic acids is 2. The number of hydrogen-bond acceptors (Lipinski definition) is 7. The average molecular weight is 467 g/mol. The summed E-state index contributed by atoms with van der Waals surface area (Å²) in [5.74, 6) is -0.531. The number of amidine groups is 1. The number of carbonyl (C=O) groups is 2. The molecule has 0 spiro atoms. The van der Waals surface area contributed by atoms with Gasteiger partial charge in [0.25, 0.3) is 0 Å². The van der Waals surface area contributed by atoms with Crippen molar-refractivity contribution in [1.82, 2.24) is 14.9 Å². The fourth-order valence-electron chi connectivity index (χ4n) is 3.73. The zero-order chi connectivity index (χ0) is 24.2. The quantitative estimate of drug-likeness (QED) is 0.415. The molecule has 10 heteroatoms. The summed E-state index contributed by atoms with van der Waals surface area (Å²) in [4.78, 5) is 37.4. The Hall–Kier alpha value is -3.79. The first-order valence-corrected chi connectivity index (χ1v) is 11.3. The van der Waals surface area contributed by atoms with E-state index in [-0.39, 0.29) is 0 Å². The summed E-state index contributed by atoms with van der Waals surface area (Å²) in [5, 5.41) is 19.1. The third-order valence-electron chi connectivity index (χ3n) is 5.44. The minimum atomic E-state index is -1.26. The highest BCUT2D eigenvalue weighted by Gasteiger charge is 2.18. The van der Waals surface area contributed by atoms with Crippen LogP contribution in [-0.2, 0) is 16.0 Å². The van der Waals surface area contributed by atoms with Gasteiger partial charge in [-0.15, -0.1) is 0 Å². The van der Waals surface area contributed by atoms with E-state index in [1.54, 1.807) is 0 Å². The van der Waals surface area contributed by atoms with Gasteiger partial charge in [-0.3, -0.25) is 9.89 Å². The fourth-order valence-corrected chi connectivity index (χ4v) is 3.73. The topological polar surface area (TPSA) is 131 Å². The minimum absolute atomic E-state index is 0.558. The molecule has 2 aliphatic rings. The Morgan fingerprint density at radius 1 is 0.971 bits per heavy atom. The van der Waals surface area contributed by atoms with Gasteiger partial charge in [-0.05, 0) is 30.5 Å². The van der Waals surface area contributed by atoms with Crippen LogP contribution >= 0.6 is 0 Å². The number of fused-ring (bicyclic) bond motifs is 1. The van der Waals surface area contributed by atoms with Crippen LogP contribution in [0.1, 0.15) is 18.4 Å². The number of hydrogen-bond donors (Lipinski definition) is 3. The summed E-state index contributed by atoms with van der Waals surface area (Å²) in [6.07, 6.45) is 7.95.